The summed E-state index contributed by atoms with van der Waals surface area (Å²) in [6.07, 6.45) is 0.215. The molecule has 0 aromatic carbocycles. The third kappa shape index (κ3) is 1.65. The molecule has 106 valence electrons. The first-order valence-electron chi connectivity index (χ1n) is 6.57. The number of Topliss-reactive ketones (excluding diaryl/α,β-unsaturated/α-hetero) is 1. The lowest BCUT2D eigenvalue weighted by atomic mass is 9.61. The van der Waals surface area contributed by atoms with Gasteiger partial charge in [0.2, 0.25) is 5.91 Å². The van der Waals surface area contributed by atoms with Gasteiger partial charge in [-0.3, -0.25) is 9.59 Å². The second-order valence-corrected chi connectivity index (χ2v) is 5.81. The number of fused-ring (bicyclic) bond motifs is 2. The zero-order valence-corrected chi connectivity index (χ0v) is 11.8. The van der Waals surface area contributed by atoms with Gasteiger partial charge in [0, 0.05) is 17.8 Å². The van der Waals surface area contributed by atoms with E-state index in [9.17, 15) is 14.4 Å². The van der Waals surface area contributed by atoms with Crippen molar-refractivity contribution in [3.8, 4) is 0 Å². The number of ether oxygens (including phenoxy) is 1. The summed E-state index contributed by atoms with van der Waals surface area (Å²) in [4.78, 5) is 36.2. The van der Waals surface area contributed by atoms with E-state index in [-0.39, 0.29) is 24.2 Å². The summed E-state index contributed by atoms with van der Waals surface area (Å²) in [6, 6.07) is 0. The molecule has 1 saturated heterocycles. The largest absolute Gasteiger partial charge is 0.449 e. The third-order valence-corrected chi connectivity index (χ3v) is 4.77. The molecular formula is C13H20N2O4. The van der Waals surface area contributed by atoms with Crippen LogP contribution in [0.25, 0.3) is 0 Å². The molecule has 1 saturated carbocycles. The monoisotopic (exact) mass is 268 g/mol. The maximum atomic E-state index is 12.4. The Morgan fingerprint density at radius 3 is 2.63 bits per heavy atom. The van der Waals surface area contributed by atoms with Crippen molar-refractivity contribution in [3.63, 3.8) is 0 Å². The van der Waals surface area contributed by atoms with E-state index in [4.69, 9.17) is 4.74 Å². The first-order valence-corrected chi connectivity index (χ1v) is 6.57. The molecule has 6 nitrogen and oxygen atoms in total. The maximum absolute atomic E-state index is 12.4. The highest BCUT2D eigenvalue weighted by Gasteiger charge is 2.67. The van der Waals surface area contributed by atoms with E-state index in [1.165, 1.54) is 5.01 Å². The molecule has 2 rings (SSSR count). The number of hydrogen-bond acceptors (Lipinski definition) is 4. The quantitative estimate of drug-likeness (QED) is 0.818. The first kappa shape index (κ1) is 13.8. The normalized spacial score (nSPS) is 32.4. The summed E-state index contributed by atoms with van der Waals surface area (Å²) in [5, 5.41) is 1.19. The third-order valence-electron chi connectivity index (χ3n) is 4.77. The minimum absolute atomic E-state index is 0.0172. The van der Waals surface area contributed by atoms with E-state index < -0.39 is 17.0 Å². The summed E-state index contributed by atoms with van der Waals surface area (Å²) in [5.74, 6) is -0.458. The summed E-state index contributed by atoms with van der Waals surface area (Å²) in [7, 11) is 0. The van der Waals surface area contributed by atoms with Gasteiger partial charge < -0.3 is 4.74 Å². The van der Waals surface area contributed by atoms with Crippen molar-refractivity contribution in [2.24, 2.45) is 11.3 Å². The average molecular weight is 268 g/mol. The Hall–Kier alpha value is -1.59. The van der Waals surface area contributed by atoms with E-state index in [0.717, 1.165) is 0 Å². The fraction of sp³-hybridized carbons (Fsp3) is 0.769. The molecule has 0 spiro atoms. The molecule has 0 radical (unpaired) electrons. The van der Waals surface area contributed by atoms with Gasteiger partial charge in [0.15, 0.2) is 5.78 Å². The molecular weight excluding hydrogens is 248 g/mol. The summed E-state index contributed by atoms with van der Waals surface area (Å²) >= 11 is 0. The van der Waals surface area contributed by atoms with E-state index >= 15 is 0 Å². The molecule has 2 bridgehead atoms. The lowest BCUT2D eigenvalue weighted by molar-refractivity contribution is -0.144. The van der Waals surface area contributed by atoms with Gasteiger partial charge in [-0.1, -0.05) is 13.8 Å². The molecule has 0 aromatic rings. The van der Waals surface area contributed by atoms with Crippen LogP contribution in [0, 0.1) is 11.3 Å². The van der Waals surface area contributed by atoms with Crippen LogP contribution in [0.3, 0.4) is 0 Å². The van der Waals surface area contributed by atoms with Crippen LogP contribution in [0.4, 0.5) is 4.79 Å². The Balaban J connectivity index is 2.36. The number of carbonyl (C=O) groups excluding carboxylic acids is 3. The van der Waals surface area contributed by atoms with Crippen molar-refractivity contribution >= 4 is 17.8 Å². The van der Waals surface area contributed by atoms with Crippen LogP contribution in [-0.2, 0) is 14.3 Å². The van der Waals surface area contributed by atoms with Crippen LogP contribution < -0.4 is 5.43 Å². The molecule has 2 fully saturated rings. The van der Waals surface area contributed by atoms with Gasteiger partial charge in [-0.25, -0.2) is 15.2 Å². The van der Waals surface area contributed by atoms with Crippen LogP contribution in [0.15, 0.2) is 0 Å². The molecule has 6 heteroatoms. The Morgan fingerprint density at radius 2 is 2.05 bits per heavy atom. The topological polar surface area (TPSA) is 75.7 Å². The molecule has 19 heavy (non-hydrogen) atoms. The molecule has 0 unspecified atom stereocenters. The molecule has 1 N–H and O–H groups in total. The highest BCUT2D eigenvalue weighted by atomic mass is 16.6. The Kier molecular flexibility index (Phi) is 3.07. The fourth-order valence-electron chi connectivity index (χ4n) is 3.22. The van der Waals surface area contributed by atoms with Crippen LogP contribution >= 0.6 is 0 Å². The highest BCUT2D eigenvalue weighted by Crippen LogP contribution is 2.54. The molecule has 2 aliphatic rings. The number of nitrogens with one attached hydrogen (secondary N) is 1. The van der Waals surface area contributed by atoms with Crippen molar-refractivity contribution in [2.75, 3.05) is 6.61 Å². The minimum atomic E-state index is -1.00. The molecule has 2 amide bonds. The van der Waals surface area contributed by atoms with E-state index in [1.54, 1.807) is 13.8 Å². The van der Waals surface area contributed by atoms with Crippen LogP contribution in [0.5, 0.6) is 0 Å². The van der Waals surface area contributed by atoms with Crippen molar-refractivity contribution < 1.29 is 19.1 Å². The number of hydrazine groups is 1. The summed E-state index contributed by atoms with van der Waals surface area (Å²) in [5.41, 5.74) is 0.928. The van der Waals surface area contributed by atoms with Gasteiger partial charge in [0.25, 0.3) is 0 Å². The molecule has 1 aliphatic heterocycles. The minimum Gasteiger partial charge on any atom is -0.449 e. The van der Waals surface area contributed by atoms with E-state index in [1.807, 2.05) is 13.8 Å². The van der Waals surface area contributed by atoms with Gasteiger partial charge in [-0.15, -0.1) is 0 Å². The van der Waals surface area contributed by atoms with Gasteiger partial charge in [0.1, 0.15) is 5.54 Å². The summed E-state index contributed by atoms with van der Waals surface area (Å²) in [6.45, 7) is 7.42. The number of nitrogens with zero attached hydrogens (tertiary/aromatic N) is 1. The predicted molar refractivity (Wildman–Crippen MR) is 66.9 cm³/mol. The number of ketones is 1. The zero-order valence-electron chi connectivity index (χ0n) is 11.8. The Morgan fingerprint density at radius 1 is 1.42 bits per heavy atom. The van der Waals surface area contributed by atoms with Gasteiger partial charge in [0.05, 0.1) is 6.61 Å². The highest BCUT2D eigenvalue weighted by molar-refractivity contribution is 6.01. The van der Waals surface area contributed by atoms with E-state index in [0.29, 0.717) is 12.8 Å². The Labute approximate surface area is 112 Å². The fourth-order valence-corrected chi connectivity index (χ4v) is 3.22. The SMILES string of the molecule is CCOC(=O)NN1C(=O)[C@@H]2CCC(=O)[C@]1(C)C2(C)C. The van der Waals surface area contributed by atoms with E-state index in [2.05, 4.69) is 5.43 Å². The molecule has 0 aromatic heterocycles. The van der Waals surface area contributed by atoms with Crippen molar-refractivity contribution in [2.45, 2.75) is 46.1 Å². The van der Waals surface area contributed by atoms with Crippen LogP contribution in [-0.4, -0.2) is 34.9 Å². The van der Waals surface area contributed by atoms with Crippen LogP contribution in [0.1, 0.15) is 40.5 Å². The molecule has 2 atom stereocenters. The smallest absolute Gasteiger partial charge is 0.426 e. The number of amides is 2. The van der Waals surface area contributed by atoms with Gasteiger partial charge >= 0.3 is 6.09 Å². The van der Waals surface area contributed by atoms with Crippen molar-refractivity contribution in [3.05, 3.63) is 0 Å². The zero-order chi connectivity index (χ0) is 14.4. The maximum Gasteiger partial charge on any atom is 0.426 e. The second-order valence-electron chi connectivity index (χ2n) is 5.81. The van der Waals surface area contributed by atoms with Crippen molar-refractivity contribution in [1.82, 2.24) is 10.4 Å². The summed E-state index contributed by atoms with van der Waals surface area (Å²) < 4.78 is 4.79. The predicted octanol–water partition coefficient (Wildman–Crippen LogP) is 1.25. The molecule has 1 heterocycles. The Bertz CT molecular complexity index is 446. The lowest BCUT2D eigenvalue weighted by Gasteiger charge is -2.44. The molecule has 1 aliphatic carbocycles. The first-order chi connectivity index (χ1) is 8.76. The van der Waals surface area contributed by atoms with Gasteiger partial charge in [-0.05, 0) is 20.3 Å². The number of hydrogen-bond donors (Lipinski definition) is 1. The second kappa shape index (κ2) is 4.21. The van der Waals surface area contributed by atoms with Gasteiger partial charge in [-0.2, -0.15) is 0 Å². The van der Waals surface area contributed by atoms with Crippen molar-refractivity contribution in [1.29, 1.82) is 0 Å². The lowest BCUT2D eigenvalue weighted by Crippen LogP contribution is -2.62. The standard InChI is InChI=1S/C13H20N2O4/c1-5-19-11(18)14-15-10(17)8-6-7-9(16)13(15,4)12(8,2)3/h8H,5-7H2,1-4H3,(H,14,18)/t8-,13+/m0/s1. The number of carbonyl (C=O) groups is 3. The van der Waals surface area contributed by atoms with Crippen LogP contribution in [0.2, 0.25) is 0 Å². The average Bonchev–Trinajstić information content (AvgIpc) is 2.40. The number of rotatable bonds is 2.